The lowest BCUT2D eigenvalue weighted by atomic mass is 9.96. The monoisotopic (exact) mass is 432 g/mol. The molecule has 0 saturated heterocycles. The predicted octanol–water partition coefficient (Wildman–Crippen LogP) is 3.00. The molecule has 7 nitrogen and oxygen atoms in total. The molecule has 2 aromatic rings. The van der Waals surface area contributed by atoms with Crippen molar-refractivity contribution in [1.82, 2.24) is 10.0 Å². The maximum atomic E-state index is 12.5. The number of methoxy groups -OCH3 is 1. The van der Waals surface area contributed by atoms with Crippen molar-refractivity contribution in [3.05, 3.63) is 54.1 Å². The van der Waals surface area contributed by atoms with Gasteiger partial charge in [-0.25, -0.2) is 13.1 Å². The van der Waals surface area contributed by atoms with Crippen molar-refractivity contribution in [1.29, 1.82) is 0 Å². The molecule has 30 heavy (non-hydrogen) atoms. The summed E-state index contributed by atoms with van der Waals surface area (Å²) < 4.78 is 38.4. The zero-order valence-corrected chi connectivity index (χ0v) is 17.9. The summed E-state index contributed by atoms with van der Waals surface area (Å²) in [6.07, 6.45) is 5.04. The molecule has 0 aromatic heterocycles. The van der Waals surface area contributed by atoms with Gasteiger partial charge < -0.3 is 14.8 Å². The Labute approximate surface area is 177 Å². The van der Waals surface area contributed by atoms with Gasteiger partial charge in [-0.3, -0.25) is 4.79 Å². The molecule has 0 spiro atoms. The molecular weight excluding hydrogens is 404 g/mol. The van der Waals surface area contributed by atoms with E-state index in [9.17, 15) is 13.2 Å². The molecule has 0 bridgehead atoms. The first-order chi connectivity index (χ1) is 14.5. The van der Waals surface area contributed by atoms with Crippen LogP contribution in [0.25, 0.3) is 0 Å². The quantitative estimate of drug-likeness (QED) is 0.635. The molecule has 1 amide bonds. The van der Waals surface area contributed by atoms with Crippen LogP contribution < -0.4 is 19.5 Å². The minimum Gasteiger partial charge on any atom is -0.497 e. The molecule has 2 N–H and O–H groups in total. The summed E-state index contributed by atoms with van der Waals surface area (Å²) in [6.45, 7) is 0.235. The second kappa shape index (κ2) is 10.4. The van der Waals surface area contributed by atoms with E-state index in [4.69, 9.17) is 9.47 Å². The Hall–Kier alpha value is -2.58. The van der Waals surface area contributed by atoms with Crippen molar-refractivity contribution in [2.45, 2.75) is 49.6 Å². The molecule has 1 aliphatic carbocycles. The minimum absolute atomic E-state index is 0.00840. The van der Waals surface area contributed by atoms with Crippen LogP contribution >= 0.6 is 0 Å². The number of ether oxygens (including phenoxy) is 2. The second-order valence-corrected chi connectivity index (χ2v) is 9.06. The van der Waals surface area contributed by atoms with Gasteiger partial charge in [0, 0.05) is 12.6 Å². The maximum absolute atomic E-state index is 12.5. The van der Waals surface area contributed by atoms with Gasteiger partial charge >= 0.3 is 0 Å². The van der Waals surface area contributed by atoms with Gasteiger partial charge in [0.15, 0.2) is 6.61 Å². The SMILES string of the molecule is COc1ccc(CNC(=O)COc2ccc(S(=O)(=O)NC3CCCCC3)cc2)cc1. The molecule has 1 aliphatic rings. The van der Waals surface area contributed by atoms with Gasteiger partial charge in [0.25, 0.3) is 5.91 Å². The second-order valence-electron chi connectivity index (χ2n) is 7.34. The van der Waals surface area contributed by atoms with Gasteiger partial charge in [-0.15, -0.1) is 0 Å². The lowest BCUT2D eigenvalue weighted by Gasteiger charge is -2.22. The molecule has 0 radical (unpaired) electrons. The standard InChI is InChI=1S/C22H28N2O5S/c1-28-19-9-7-17(8-10-19)15-23-22(25)16-29-20-11-13-21(14-12-20)30(26,27)24-18-5-3-2-4-6-18/h7-14,18,24H,2-6,15-16H2,1H3,(H,23,25). The molecule has 1 saturated carbocycles. The topological polar surface area (TPSA) is 93.7 Å². The van der Waals surface area contributed by atoms with E-state index in [1.54, 1.807) is 19.2 Å². The number of benzene rings is 2. The van der Waals surface area contributed by atoms with E-state index in [0.29, 0.717) is 12.3 Å². The highest BCUT2D eigenvalue weighted by Crippen LogP contribution is 2.21. The van der Waals surface area contributed by atoms with Crippen LogP contribution in [0.15, 0.2) is 53.4 Å². The molecular formula is C22H28N2O5S. The number of hydrogen-bond acceptors (Lipinski definition) is 5. The first kappa shape index (κ1) is 22.1. The number of amides is 1. The van der Waals surface area contributed by atoms with Crippen LogP contribution in [0.4, 0.5) is 0 Å². The van der Waals surface area contributed by atoms with Crippen molar-refractivity contribution in [2.75, 3.05) is 13.7 Å². The van der Waals surface area contributed by atoms with E-state index in [1.165, 1.54) is 12.1 Å². The normalized spacial score (nSPS) is 14.8. The van der Waals surface area contributed by atoms with Crippen LogP contribution in [0, 0.1) is 0 Å². The average molecular weight is 433 g/mol. The van der Waals surface area contributed by atoms with Crippen LogP contribution in [0.1, 0.15) is 37.7 Å². The Morgan fingerprint density at radius 3 is 2.23 bits per heavy atom. The van der Waals surface area contributed by atoms with E-state index in [2.05, 4.69) is 10.0 Å². The third-order valence-corrected chi connectivity index (χ3v) is 6.62. The van der Waals surface area contributed by atoms with Gasteiger partial charge in [-0.05, 0) is 54.8 Å². The largest absolute Gasteiger partial charge is 0.497 e. The van der Waals surface area contributed by atoms with Crippen molar-refractivity contribution >= 4 is 15.9 Å². The van der Waals surface area contributed by atoms with Crippen molar-refractivity contribution < 1.29 is 22.7 Å². The lowest BCUT2D eigenvalue weighted by molar-refractivity contribution is -0.123. The van der Waals surface area contributed by atoms with Crippen molar-refractivity contribution in [3.8, 4) is 11.5 Å². The molecule has 1 fully saturated rings. The van der Waals surface area contributed by atoms with Crippen LogP contribution in [0.2, 0.25) is 0 Å². The maximum Gasteiger partial charge on any atom is 0.258 e. The first-order valence-corrected chi connectivity index (χ1v) is 11.6. The zero-order valence-electron chi connectivity index (χ0n) is 17.1. The van der Waals surface area contributed by atoms with Crippen LogP contribution in [0.3, 0.4) is 0 Å². The molecule has 8 heteroatoms. The fourth-order valence-electron chi connectivity index (χ4n) is 3.37. The van der Waals surface area contributed by atoms with Gasteiger partial charge in [-0.2, -0.15) is 0 Å². The summed E-state index contributed by atoms with van der Waals surface area (Å²) in [5.74, 6) is 0.931. The third kappa shape index (κ3) is 6.47. The van der Waals surface area contributed by atoms with E-state index in [-0.39, 0.29) is 23.5 Å². The van der Waals surface area contributed by atoms with Gasteiger partial charge in [0.05, 0.1) is 12.0 Å². The summed E-state index contributed by atoms with van der Waals surface area (Å²) in [4.78, 5) is 12.2. The van der Waals surface area contributed by atoms with Crippen molar-refractivity contribution in [3.63, 3.8) is 0 Å². The lowest BCUT2D eigenvalue weighted by Crippen LogP contribution is -2.36. The summed E-state index contributed by atoms with van der Waals surface area (Å²) in [6, 6.07) is 13.5. The Morgan fingerprint density at radius 2 is 1.60 bits per heavy atom. The molecule has 0 aliphatic heterocycles. The molecule has 0 unspecified atom stereocenters. The van der Waals surface area contributed by atoms with E-state index in [0.717, 1.165) is 43.4 Å². The fourth-order valence-corrected chi connectivity index (χ4v) is 4.67. The molecule has 3 rings (SSSR count). The van der Waals surface area contributed by atoms with Gasteiger partial charge in [0.1, 0.15) is 11.5 Å². The molecule has 162 valence electrons. The minimum atomic E-state index is -3.55. The summed E-state index contributed by atoms with van der Waals surface area (Å²) in [7, 11) is -1.95. The highest BCUT2D eigenvalue weighted by atomic mass is 32.2. The smallest absolute Gasteiger partial charge is 0.258 e. The summed E-state index contributed by atoms with van der Waals surface area (Å²) in [5.41, 5.74) is 0.948. The predicted molar refractivity (Wildman–Crippen MR) is 114 cm³/mol. The number of carbonyl (C=O) groups excluding carboxylic acids is 1. The molecule has 2 aromatic carbocycles. The highest BCUT2D eigenvalue weighted by molar-refractivity contribution is 7.89. The Balaban J connectivity index is 1.45. The molecule has 0 heterocycles. The Bertz CT molecular complexity index is 921. The molecule has 0 atom stereocenters. The summed E-state index contributed by atoms with van der Waals surface area (Å²) >= 11 is 0. The van der Waals surface area contributed by atoms with Crippen LogP contribution in [0.5, 0.6) is 11.5 Å². The summed E-state index contributed by atoms with van der Waals surface area (Å²) in [5, 5.41) is 2.78. The van der Waals surface area contributed by atoms with E-state index in [1.807, 2.05) is 24.3 Å². The number of sulfonamides is 1. The first-order valence-electron chi connectivity index (χ1n) is 10.1. The fraction of sp³-hybridized carbons (Fsp3) is 0.409. The number of nitrogens with one attached hydrogen (secondary N) is 2. The van der Waals surface area contributed by atoms with Crippen LogP contribution in [-0.4, -0.2) is 34.1 Å². The van der Waals surface area contributed by atoms with E-state index >= 15 is 0 Å². The Kier molecular flexibility index (Phi) is 7.70. The zero-order chi connectivity index (χ0) is 21.4. The Morgan fingerprint density at radius 1 is 0.967 bits per heavy atom. The number of carbonyl (C=O) groups is 1. The van der Waals surface area contributed by atoms with E-state index < -0.39 is 10.0 Å². The van der Waals surface area contributed by atoms with Gasteiger partial charge in [0.2, 0.25) is 10.0 Å². The van der Waals surface area contributed by atoms with Crippen LogP contribution in [-0.2, 0) is 21.4 Å². The van der Waals surface area contributed by atoms with Gasteiger partial charge in [-0.1, -0.05) is 31.4 Å². The average Bonchev–Trinajstić information content (AvgIpc) is 2.77. The number of hydrogen-bond donors (Lipinski definition) is 2. The third-order valence-electron chi connectivity index (χ3n) is 5.08. The van der Waals surface area contributed by atoms with Crippen molar-refractivity contribution in [2.24, 2.45) is 0 Å². The number of rotatable bonds is 9. The highest BCUT2D eigenvalue weighted by Gasteiger charge is 2.21.